The Kier molecular flexibility index (Phi) is 5.87. The standard InChI is InChI=1S/C17H19BrN2O3/c1-11-6-12(18)4-5-16(11)19-10-17(21)20-13-7-14(22-2)9-15(8-13)23-3/h4-9,19H,10H2,1-3H3,(H,20,21). The fraction of sp³-hybridized carbons (Fsp3) is 0.235. The molecule has 23 heavy (non-hydrogen) atoms. The van der Waals surface area contributed by atoms with Crippen LogP contribution in [0.25, 0.3) is 0 Å². The van der Waals surface area contributed by atoms with Crippen LogP contribution in [-0.2, 0) is 4.79 Å². The number of nitrogens with one attached hydrogen (secondary N) is 2. The molecule has 0 unspecified atom stereocenters. The van der Waals surface area contributed by atoms with Gasteiger partial charge in [0.25, 0.3) is 0 Å². The van der Waals surface area contributed by atoms with Gasteiger partial charge in [-0.05, 0) is 30.7 Å². The molecule has 0 aliphatic rings. The van der Waals surface area contributed by atoms with Crippen molar-refractivity contribution >= 4 is 33.2 Å². The Morgan fingerprint density at radius 3 is 2.30 bits per heavy atom. The van der Waals surface area contributed by atoms with Crippen molar-refractivity contribution in [2.75, 3.05) is 31.4 Å². The lowest BCUT2D eigenvalue weighted by atomic mass is 10.2. The number of amides is 1. The normalized spacial score (nSPS) is 10.1. The summed E-state index contributed by atoms with van der Waals surface area (Å²) in [5.74, 6) is 1.09. The van der Waals surface area contributed by atoms with E-state index in [4.69, 9.17) is 9.47 Å². The lowest BCUT2D eigenvalue weighted by Crippen LogP contribution is -2.22. The first-order chi connectivity index (χ1) is 11.0. The van der Waals surface area contributed by atoms with Crippen molar-refractivity contribution in [3.05, 3.63) is 46.4 Å². The van der Waals surface area contributed by atoms with Crippen LogP contribution >= 0.6 is 15.9 Å². The fourth-order valence-electron chi connectivity index (χ4n) is 2.09. The van der Waals surface area contributed by atoms with Gasteiger partial charge in [0, 0.05) is 34.0 Å². The summed E-state index contributed by atoms with van der Waals surface area (Å²) in [4.78, 5) is 12.1. The lowest BCUT2D eigenvalue weighted by molar-refractivity contribution is -0.114. The van der Waals surface area contributed by atoms with Gasteiger partial charge >= 0.3 is 0 Å². The predicted octanol–water partition coefficient (Wildman–Crippen LogP) is 3.83. The molecule has 5 nitrogen and oxygen atoms in total. The molecule has 0 radical (unpaired) electrons. The number of carbonyl (C=O) groups excluding carboxylic acids is 1. The molecule has 2 aromatic rings. The first kappa shape index (κ1) is 17.1. The molecule has 2 rings (SSSR count). The number of methoxy groups -OCH3 is 2. The van der Waals surface area contributed by atoms with Crippen LogP contribution in [0.4, 0.5) is 11.4 Å². The number of hydrogen-bond acceptors (Lipinski definition) is 4. The molecular weight excluding hydrogens is 360 g/mol. The average molecular weight is 379 g/mol. The molecule has 122 valence electrons. The SMILES string of the molecule is COc1cc(NC(=O)CNc2ccc(Br)cc2C)cc(OC)c1. The topological polar surface area (TPSA) is 59.6 Å². The van der Waals surface area contributed by atoms with Crippen LogP contribution in [0.1, 0.15) is 5.56 Å². The molecule has 0 spiro atoms. The minimum Gasteiger partial charge on any atom is -0.497 e. The third kappa shape index (κ3) is 4.89. The average Bonchev–Trinajstić information content (AvgIpc) is 2.53. The maximum Gasteiger partial charge on any atom is 0.243 e. The minimum atomic E-state index is -0.150. The predicted molar refractivity (Wildman–Crippen MR) is 95.5 cm³/mol. The zero-order chi connectivity index (χ0) is 16.8. The molecule has 2 N–H and O–H groups in total. The van der Waals surface area contributed by atoms with Crippen molar-refractivity contribution in [3.8, 4) is 11.5 Å². The Labute approximate surface area is 144 Å². The van der Waals surface area contributed by atoms with Crippen molar-refractivity contribution in [1.29, 1.82) is 0 Å². The third-order valence-electron chi connectivity index (χ3n) is 3.26. The van der Waals surface area contributed by atoms with E-state index in [0.29, 0.717) is 17.2 Å². The van der Waals surface area contributed by atoms with Gasteiger partial charge < -0.3 is 20.1 Å². The number of halogens is 1. The van der Waals surface area contributed by atoms with Gasteiger partial charge in [-0.25, -0.2) is 0 Å². The van der Waals surface area contributed by atoms with Crippen molar-refractivity contribution < 1.29 is 14.3 Å². The van der Waals surface area contributed by atoms with E-state index in [1.807, 2.05) is 25.1 Å². The zero-order valence-corrected chi connectivity index (χ0v) is 14.9. The van der Waals surface area contributed by atoms with Gasteiger partial charge in [-0.15, -0.1) is 0 Å². The summed E-state index contributed by atoms with van der Waals surface area (Å²) in [6.45, 7) is 2.15. The van der Waals surface area contributed by atoms with E-state index in [2.05, 4.69) is 26.6 Å². The fourth-order valence-corrected chi connectivity index (χ4v) is 2.56. The first-order valence-corrected chi connectivity index (χ1v) is 7.84. The van der Waals surface area contributed by atoms with Gasteiger partial charge in [-0.1, -0.05) is 15.9 Å². The summed E-state index contributed by atoms with van der Waals surface area (Å²) in [6, 6.07) is 11.1. The summed E-state index contributed by atoms with van der Waals surface area (Å²) in [7, 11) is 3.14. The first-order valence-electron chi connectivity index (χ1n) is 7.05. The number of rotatable bonds is 6. The molecule has 0 saturated heterocycles. The van der Waals surface area contributed by atoms with E-state index in [1.165, 1.54) is 0 Å². The molecule has 0 saturated carbocycles. The van der Waals surface area contributed by atoms with Gasteiger partial charge in [0.15, 0.2) is 0 Å². The quantitative estimate of drug-likeness (QED) is 0.801. The van der Waals surface area contributed by atoms with Gasteiger partial charge in [-0.2, -0.15) is 0 Å². The molecule has 0 aliphatic carbocycles. The molecule has 0 bridgehead atoms. The largest absolute Gasteiger partial charge is 0.497 e. The second-order valence-electron chi connectivity index (χ2n) is 4.96. The van der Waals surface area contributed by atoms with Crippen LogP contribution in [0, 0.1) is 6.92 Å². The highest BCUT2D eigenvalue weighted by Crippen LogP contribution is 2.25. The Morgan fingerprint density at radius 1 is 1.09 bits per heavy atom. The van der Waals surface area contributed by atoms with Crippen LogP contribution in [0.2, 0.25) is 0 Å². The molecular formula is C17H19BrN2O3. The highest BCUT2D eigenvalue weighted by Gasteiger charge is 2.07. The number of hydrogen-bond donors (Lipinski definition) is 2. The third-order valence-corrected chi connectivity index (χ3v) is 3.76. The lowest BCUT2D eigenvalue weighted by Gasteiger charge is -2.12. The van der Waals surface area contributed by atoms with E-state index in [0.717, 1.165) is 15.7 Å². The van der Waals surface area contributed by atoms with Crippen LogP contribution in [0.5, 0.6) is 11.5 Å². The van der Waals surface area contributed by atoms with E-state index in [1.54, 1.807) is 32.4 Å². The van der Waals surface area contributed by atoms with Crippen molar-refractivity contribution in [2.24, 2.45) is 0 Å². The van der Waals surface area contributed by atoms with Crippen LogP contribution in [0.3, 0.4) is 0 Å². The monoisotopic (exact) mass is 378 g/mol. The van der Waals surface area contributed by atoms with Crippen molar-refractivity contribution in [2.45, 2.75) is 6.92 Å². The molecule has 1 amide bonds. The molecule has 6 heteroatoms. The summed E-state index contributed by atoms with van der Waals surface area (Å²) in [5.41, 5.74) is 2.61. The summed E-state index contributed by atoms with van der Waals surface area (Å²) < 4.78 is 11.4. The van der Waals surface area contributed by atoms with Crippen LogP contribution < -0.4 is 20.1 Å². The summed E-state index contributed by atoms with van der Waals surface area (Å²) in [5, 5.41) is 5.94. The number of benzene rings is 2. The van der Waals surface area contributed by atoms with Crippen LogP contribution in [-0.4, -0.2) is 26.7 Å². The summed E-state index contributed by atoms with van der Waals surface area (Å²) >= 11 is 3.42. The highest BCUT2D eigenvalue weighted by molar-refractivity contribution is 9.10. The molecule has 0 aliphatic heterocycles. The number of aryl methyl sites for hydroxylation is 1. The Morgan fingerprint density at radius 2 is 1.74 bits per heavy atom. The van der Waals surface area contributed by atoms with Gasteiger partial charge in [0.2, 0.25) is 5.91 Å². The smallest absolute Gasteiger partial charge is 0.243 e. The van der Waals surface area contributed by atoms with E-state index in [-0.39, 0.29) is 12.5 Å². The summed E-state index contributed by atoms with van der Waals surface area (Å²) in [6.07, 6.45) is 0. The Bertz CT molecular complexity index is 682. The zero-order valence-electron chi connectivity index (χ0n) is 13.3. The molecule has 2 aromatic carbocycles. The second-order valence-corrected chi connectivity index (χ2v) is 5.88. The van der Waals surface area contributed by atoms with Gasteiger partial charge in [0.05, 0.1) is 20.8 Å². The maximum absolute atomic E-state index is 12.1. The van der Waals surface area contributed by atoms with Crippen molar-refractivity contribution in [3.63, 3.8) is 0 Å². The van der Waals surface area contributed by atoms with Crippen LogP contribution in [0.15, 0.2) is 40.9 Å². The van der Waals surface area contributed by atoms with E-state index in [9.17, 15) is 4.79 Å². The molecule has 0 aromatic heterocycles. The molecule has 0 atom stereocenters. The Balaban J connectivity index is 1.99. The van der Waals surface area contributed by atoms with Gasteiger partial charge in [0.1, 0.15) is 11.5 Å². The molecule has 0 fully saturated rings. The second kappa shape index (κ2) is 7.87. The van der Waals surface area contributed by atoms with Gasteiger partial charge in [-0.3, -0.25) is 4.79 Å². The molecule has 0 heterocycles. The van der Waals surface area contributed by atoms with E-state index < -0.39 is 0 Å². The highest BCUT2D eigenvalue weighted by atomic mass is 79.9. The number of anilines is 2. The number of carbonyl (C=O) groups is 1. The van der Waals surface area contributed by atoms with Crippen molar-refractivity contribution in [1.82, 2.24) is 0 Å². The number of ether oxygens (including phenoxy) is 2. The van der Waals surface area contributed by atoms with E-state index >= 15 is 0 Å². The minimum absolute atomic E-state index is 0.150. The maximum atomic E-state index is 12.1. The Hall–Kier alpha value is -2.21.